The van der Waals surface area contributed by atoms with Crippen LogP contribution in [-0.4, -0.2) is 19.8 Å². The normalized spacial score (nSPS) is 11.3. The van der Waals surface area contributed by atoms with E-state index in [2.05, 4.69) is 44.0 Å². The molecule has 3 heterocycles. The Morgan fingerprint density at radius 1 is 1.28 bits per heavy atom. The molecule has 3 aromatic rings. The Kier molecular flexibility index (Phi) is 3.03. The van der Waals surface area contributed by atoms with Crippen LogP contribution in [-0.2, 0) is 0 Å². The molecular formula is C11H8ClIN4S. The van der Waals surface area contributed by atoms with E-state index in [1.807, 2.05) is 19.2 Å². The van der Waals surface area contributed by atoms with E-state index < -0.39 is 0 Å². The fourth-order valence-corrected chi connectivity index (χ4v) is 3.24. The van der Waals surface area contributed by atoms with Crippen molar-refractivity contribution in [3.05, 3.63) is 30.6 Å². The molecular weight excluding hydrogens is 383 g/mol. The largest absolute Gasteiger partial charge is 0.191 e. The summed E-state index contributed by atoms with van der Waals surface area (Å²) in [5, 5.41) is 15.3. The lowest BCUT2D eigenvalue weighted by molar-refractivity contribution is 0.919. The molecule has 3 aromatic heterocycles. The van der Waals surface area contributed by atoms with Gasteiger partial charge >= 0.3 is 0 Å². The number of rotatable bonds is 1. The summed E-state index contributed by atoms with van der Waals surface area (Å²) in [6.07, 6.45) is 0. The van der Waals surface area contributed by atoms with Crippen molar-refractivity contribution in [1.29, 1.82) is 0 Å². The highest BCUT2D eigenvalue weighted by Crippen LogP contribution is 2.27. The van der Waals surface area contributed by atoms with E-state index in [-0.39, 0.29) is 0 Å². The average molecular weight is 391 g/mol. The zero-order chi connectivity index (χ0) is 12.9. The summed E-state index contributed by atoms with van der Waals surface area (Å²) in [6, 6.07) is 2.06. The van der Waals surface area contributed by atoms with Gasteiger partial charge in [0.15, 0.2) is 16.6 Å². The van der Waals surface area contributed by atoms with E-state index >= 15 is 0 Å². The van der Waals surface area contributed by atoms with E-state index in [4.69, 9.17) is 11.6 Å². The molecule has 0 fully saturated rings. The summed E-state index contributed by atoms with van der Waals surface area (Å²) in [6.45, 7) is 3.92. The third-order valence-electron chi connectivity index (χ3n) is 2.86. The fourth-order valence-electron chi connectivity index (χ4n) is 1.70. The van der Waals surface area contributed by atoms with E-state index in [9.17, 15) is 0 Å². The maximum atomic E-state index is 6.13. The molecule has 92 valence electrons. The highest BCUT2D eigenvalue weighted by molar-refractivity contribution is 14.1. The predicted octanol–water partition coefficient (Wildman–Crippen LogP) is 3.73. The first-order valence-corrected chi connectivity index (χ1v) is 7.54. The van der Waals surface area contributed by atoms with Crippen LogP contribution >= 0.6 is 45.5 Å². The van der Waals surface area contributed by atoms with Gasteiger partial charge in [-0.1, -0.05) is 11.6 Å². The summed E-state index contributed by atoms with van der Waals surface area (Å²) in [4.78, 5) is 0. The summed E-state index contributed by atoms with van der Waals surface area (Å²) in [7, 11) is 0. The monoisotopic (exact) mass is 390 g/mol. The molecule has 0 saturated carbocycles. The molecule has 0 bridgehead atoms. The number of nitrogens with zero attached hydrogens (tertiary/aromatic N) is 4. The van der Waals surface area contributed by atoms with Gasteiger partial charge in [0.25, 0.3) is 0 Å². The fraction of sp³-hybridized carbons (Fsp3) is 0.182. The Bertz CT molecular complexity index is 749. The molecule has 0 atom stereocenters. The topological polar surface area (TPSA) is 43.1 Å². The maximum Gasteiger partial charge on any atom is 0.186 e. The van der Waals surface area contributed by atoms with Crippen LogP contribution in [0.2, 0.25) is 5.15 Å². The zero-order valence-corrected chi connectivity index (χ0v) is 13.3. The molecule has 0 aliphatic heterocycles. The molecule has 0 spiro atoms. The molecule has 0 unspecified atom stereocenters. The Labute approximate surface area is 126 Å². The van der Waals surface area contributed by atoms with E-state index in [0.717, 1.165) is 28.2 Å². The molecule has 4 nitrogen and oxygen atoms in total. The van der Waals surface area contributed by atoms with Gasteiger partial charge in [-0.25, -0.2) is 0 Å². The molecule has 0 amide bonds. The van der Waals surface area contributed by atoms with Gasteiger partial charge in [0.2, 0.25) is 0 Å². The molecule has 0 N–H and O–H groups in total. The van der Waals surface area contributed by atoms with Crippen molar-refractivity contribution in [1.82, 2.24) is 19.8 Å². The van der Waals surface area contributed by atoms with Crippen molar-refractivity contribution in [2.24, 2.45) is 0 Å². The van der Waals surface area contributed by atoms with Crippen molar-refractivity contribution in [2.45, 2.75) is 13.8 Å². The summed E-state index contributed by atoms with van der Waals surface area (Å²) in [5.41, 5.74) is 3.73. The molecule has 0 saturated heterocycles. The van der Waals surface area contributed by atoms with E-state index in [0.29, 0.717) is 5.15 Å². The van der Waals surface area contributed by atoms with Crippen LogP contribution in [0.15, 0.2) is 11.4 Å². The van der Waals surface area contributed by atoms with Crippen molar-refractivity contribution >= 4 is 51.2 Å². The molecule has 7 heteroatoms. The predicted molar refractivity (Wildman–Crippen MR) is 81.3 cm³/mol. The minimum Gasteiger partial charge on any atom is -0.191 e. The van der Waals surface area contributed by atoms with Crippen LogP contribution in [0.1, 0.15) is 11.1 Å². The van der Waals surface area contributed by atoms with Crippen molar-refractivity contribution in [2.75, 3.05) is 0 Å². The minimum atomic E-state index is 0.492. The second-order valence-electron chi connectivity index (χ2n) is 3.94. The van der Waals surface area contributed by atoms with Gasteiger partial charge in [-0.2, -0.15) is 9.61 Å². The van der Waals surface area contributed by atoms with Gasteiger partial charge < -0.3 is 0 Å². The minimum absolute atomic E-state index is 0.492. The van der Waals surface area contributed by atoms with Crippen LogP contribution in [0.25, 0.3) is 17.0 Å². The lowest BCUT2D eigenvalue weighted by Crippen LogP contribution is -1.99. The third kappa shape index (κ3) is 1.83. The Balaban J connectivity index is 2.33. The second-order valence-corrected chi connectivity index (χ2v) is 7.10. The number of thiophene rings is 1. The lowest BCUT2D eigenvalue weighted by atomic mass is 10.2. The Morgan fingerprint density at radius 3 is 2.72 bits per heavy atom. The van der Waals surface area contributed by atoms with Crippen LogP contribution in [0.5, 0.6) is 0 Å². The van der Waals surface area contributed by atoms with Crippen LogP contribution in [0, 0.1) is 16.7 Å². The smallest absolute Gasteiger partial charge is 0.186 e. The van der Waals surface area contributed by atoms with Crippen LogP contribution in [0.4, 0.5) is 0 Å². The standard InChI is InChI=1S/C11H8ClIN4S/c1-5-6(2)10-14-15-11(17(10)16-9(5)12)7-3-8(13)18-4-7/h3-4H,1-2H3. The van der Waals surface area contributed by atoms with Crippen molar-refractivity contribution in [3.8, 4) is 11.4 Å². The zero-order valence-electron chi connectivity index (χ0n) is 9.61. The van der Waals surface area contributed by atoms with Crippen LogP contribution < -0.4 is 0 Å². The summed E-state index contributed by atoms with van der Waals surface area (Å²) < 4.78 is 2.91. The molecule has 0 radical (unpaired) electrons. The van der Waals surface area contributed by atoms with Gasteiger partial charge in [0.1, 0.15) is 0 Å². The highest BCUT2D eigenvalue weighted by atomic mass is 127. The number of aromatic nitrogens is 4. The molecule has 3 rings (SSSR count). The first-order chi connectivity index (χ1) is 8.58. The molecule has 0 aromatic carbocycles. The van der Waals surface area contributed by atoms with Crippen molar-refractivity contribution < 1.29 is 0 Å². The Morgan fingerprint density at radius 2 is 2.06 bits per heavy atom. The number of aryl methyl sites for hydroxylation is 1. The highest BCUT2D eigenvalue weighted by Gasteiger charge is 2.15. The van der Waals surface area contributed by atoms with Gasteiger partial charge in [-0.15, -0.1) is 21.5 Å². The number of hydrogen-bond donors (Lipinski definition) is 0. The van der Waals surface area contributed by atoms with Gasteiger partial charge in [-0.05, 0) is 48.1 Å². The average Bonchev–Trinajstić information content (AvgIpc) is 2.92. The third-order valence-corrected chi connectivity index (χ3v) is 5.01. The maximum absolute atomic E-state index is 6.13. The number of halogens is 2. The lowest BCUT2D eigenvalue weighted by Gasteiger charge is -2.04. The van der Waals surface area contributed by atoms with E-state index in [1.54, 1.807) is 15.9 Å². The molecule has 0 aliphatic rings. The van der Waals surface area contributed by atoms with Crippen molar-refractivity contribution in [3.63, 3.8) is 0 Å². The Hall–Kier alpha value is -0.730. The first kappa shape index (κ1) is 12.3. The number of fused-ring (bicyclic) bond motifs is 1. The number of hydrogen-bond acceptors (Lipinski definition) is 4. The van der Waals surface area contributed by atoms with Gasteiger partial charge in [0, 0.05) is 16.5 Å². The molecule has 18 heavy (non-hydrogen) atoms. The summed E-state index contributed by atoms with van der Waals surface area (Å²) in [5.74, 6) is 0.731. The SMILES string of the molecule is Cc1c(Cl)nn2c(-c3csc(I)c3)nnc2c1C. The van der Waals surface area contributed by atoms with Gasteiger partial charge in [0.05, 0.1) is 2.88 Å². The summed E-state index contributed by atoms with van der Waals surface area (Å²) >= 11 is 10.1. The molecule has 0 aliphatic carbocycles. The second kappa shape index (κ2) is 4.43. The van der Waals surface area contributed by atoms with Crippen LogP contribution in [0.3, 0.4) is 0 Å². The first-order valence-electron chi connectivity index (χ1n) is 5.20. The van der Waals surface area contributed by atoms with Gasteiger partial charge in [-0.3, -0.25) is 0 Å². The quantitative estimate of drug-likeness (QED) is 0.595. The van der Waals surface area contributed by atoms with E-state index in [1.165, 1.54) is 2.88 Å².